The van der Waals surface area contributed by atoms with Gasteiger partial charge in [0.15, 0.2) is 5.82 Å². The van der Waals surface area contributed by atoms with Crippen molar-refractivity contribution in [2.75, 3.05) is 5.73 Å². The van der Waals surface area contributed by atoms with Crippen molar-refractivity contribution in [1.82, 2.24) is 0 Å². The fraction of sp³-hybridized carbons (Fsp3) is 0.200. The zero-order valence-electron chi connectivity index (χ0n) is 9.12. The third-order valence-corrected chi connectivity index (χ3v) is 2.27. The summed E-state index contributed by atoms with van der Waals surface area (Å²) in [5.41, 5.74) is -5.38. The molecule has 0 radical (unpaired) electrons. The van der Waals surface area contributed by atoms with Gasteiger partial charge in [0.1, 0.15) is 17.7 Å². The fourth-order valence-electron chi connectivity index (χ4n) is 1.53. The number of benzene rings is 1. The number of nitriles is 2. The van der Waals surface area contributed by atoms with Crippen LogP contribution >= 0.6 is 0 Å². The second-order valence-corrected chi connectivity index (χ2v) is 3.45. The fourth-order valence-corrected chi connectivity index (χ4v) is 1.53. The van der Waals surface area contributed by atoms with Crippen LogP contribution in [0.5, 0.6) is 0 Å². The van der Waals surface area contributed by atoms with Crippen molar-refractivity contribution in [3.8, 4) is 12.1 Å². The van der Waals surface area contributed by atoms with E-state index in [9.17, 15) is 30.7 Å². The van der Waals surface area contributed by atoms with Gasteiger partial charge in [-0.15, -0.1) is 0 Å². The van der Waals surface area contributed by atoms with Gasteiger partial charge in [-0.3, -0.25) is 0 Å². The summed E-state index contributed by atoms with van der Waals surface area (Å²) in [5, 5.41) is 17.0. The molecule has 0 bridgehead atoms. The second kappa shape index (κ2) is 4.56. The van der Waals surface area contributed by atoms with Gasteiger partial charge in [0.05, 0.1) is 22.4 Å². The minimum absolute atomic E-state index is 0.764. The highest BCUT2D eigenvalue weighted by atomic mass is 19.4. The van der Waals surface area contributed by atoms with Crippen molar-refractivity contribution in [2.45, 2.75) is 12.4 Å². The monoisotopic (exact) mass is 297 g/mol. The molecule has 0 aromatic heterocycles. The van der Waals surface area contributed by atoms with Crippen molar-refractivity contribution in [2.24, 2.45) is 0 Å². The van der Waals surface area contributed by atoms with Crippen molar-refractivity contribution in [1.29, 1.82) is 10.5 Å². The Bertz CT molecular complexity index is 644. The molecule has 106 valence electrons. The van der Waals surface area contributed by atoms with E-state index in [0.717, 1.165) is 12.1 Å². The molecule has 0 heterocycles. The van der Waals surface area contributed by atoms with Gasteiger partial charge in [-0.05, 0) is 0 Å². The number of alkyl halides is 6. The van der Waals surface area contributed by atoms with E-state index in [1.807, 2.05) is 0 Å². The van der Waals surface area contributed by atoms with Gasteiger partial charge in [0, 0.05) is 0 Å². The molecule has 0 fully saturated rings. The molecule has 0 saturated heterocycles. The summed E-state index contributed by atoms with van der Waals surface area (Å²) in [6.07, 6.45) is -11.3. The van der Waals surface area contributed by atoms with Gasteiger partial charge in [0.2, 0.25) is 0 Å². The van der Waals surface area contributed by atoms with Crippen LogP contribution < -0.4 is 5.73 Å². The summed E-state index contributed by atoms with van der Waals surface area (Å²) in [7, 11) is 0. The van der Waals surface area contributed by atoms with Gasteiger partial charge in [-0.25, -0.2) is 4.39 Å². The maximum atomic E-state index is 13.4. The van der Waals surface area contributed by atoms with Gasteiger partial charge < -0.3 is 5.73 Å². The quantitative estimate of drug-likeness (QED) is 0.590. The smallest absolute Gasteiger partial charge is 0.396 e. The Hall–Kier alpha value is -2.49. The van der Waals surface area contributed by atoms with Crippen LogP contribution in [-0.4, -0.2) is 0 Å². The molecule has 0 aliphatic carbocycles. The highest BCUT2D eigenvalue weighted by Crippen LogP contribution is 2.46. The SMILES string of the molecule is N#Cc1c(F)c(N)c(C(F)(F)F)c(C(F)(F)F)c1C#N. The van der Waals surface area contributed by atoms with Crippen molar-refractivity contribution in [3.63, 3.8) is 0 Å². The minimum Gasteiger partial charge on any atom is -0.396 e. The van der Waals surface area contributed by atoms with Crippen LogP contribution in [0.25, 0.3) is 0 Å². The average Bonchev–Trinajstić information content (AvgIpc) is 2.28. The summed E-state index contributed by atoms with van der Waals surface area (Å²) < 4.78 is 89.5. The Kier molecular flexibility index (Phi) is 3.55. The lowest BCUT2D eigenvalue weighted by Gasteiger charge is -2.20. The van der Waals surface area contributed by atoms with E-state index in [2.05, 4.69) is 0 Å². The molecule has 1 rings (SSSR count). The lowest BCUT2D eigenvalue weighted by atomic mass is 9.93. The summed E-state index contributed by atoms with van der Waals surface area (Å²) in [6, 6.07) is 1.67. The van der Waals surface area contributed by atoms with Crippen LogP contribution in [0, 0.1) is 28.5 Å². The Balaban J connectivity index is 4.12. The first kappa shape index (κ1) is 15.6. The number of nitrogens with two attached hydrogens (primary N) is 1. The molecule has 3 nitrogen and oxygen atoms in total. The molecular weight excluding hydrogens is 295 g/mol. The number of anilines is 1. The number of hydrogen-bond acceptors (Lipinski definition) is 3. The predicted molar refractivity (Wildman–Crippen MR) is 50.2 cm³/mol. The second-order valence-electron chi connectivity index (χ2n) is 3.45. The van der Waals surface area contributed by atoms with Crippen LogP contribution in [0.4, 0.5) is 36.4 Å². The first-order valence-corrected chi connectivity index (χ1v) is 4.56. The molecule has 0 saturated carbocycles. The van der Waals surface area contributed by atoms with Crippen molar-refractivity contribution < 1.29 is 30.7 Å². The lowest BCUT2D eigenvalue weighted by molar-refractivity contribution is -0.161. The molecule has 0 aliphatic heterocycles. The summed E-state index contributed by atoms with van der Waals surface area (Å²) in [5.74, 6) is -2.01. The number of rotatable bonds is 0. The van der Waals surface area contributed by atoms with E-state index >= 15 is 0 Å². The molecule has 0 atom stereocenters. The Labute approximate surface area is 106 Å². The molecule has 0 amide bonds. The molecule has 0 aliphatic rings. The van der Waals surface area contributed by atoms with Gasteiger partial charge in [0.25, 0.3) is 0 Å². The van der Waals surface area contributed by atoms with E-state index in [1.165, 1.54) is 0 Å². The van der Waals surface area contributed by atoms with Crippen LogP contribution in [0.2, 0.25) is 0 Å². The van der Waals surface area contributed by atoms with Crippen LogP contribution in [-0.2, 0) is 12.4 Å². The molecule has 1 aromatic rings. The predicted octanol–water partition coefficient (Wildman–Crippen LogP) is 3.19. The molecule has 1 aromatic carbocycles. The molecular formula is C10H2F7N3. The molecule has 0 unspecified atom stereocenters. The molecule has 2 N–H and O–H groups in total. The van der Waals surface area contributed by atoms with E-state index in [-0.39, 0.29) is 0 Å². The first-order chi connectivity index (χ1) is 8.96. The highest BCUT2D eigenvalue weighted by Gasteiger charge is 2.48. The average molecular weight is 297 g/mol. The first-order valence-electron chi connectivity index (χ1n) is 4.56. The third-order valence-electron chi connectivity index (χ3n) is 2.27. The minimum atomic E-state index is -5.64. The number of halogens is 7. The van der Waals surface area contributed by atoms with Crippen LogP contribution in [0.1, 0.15) is 22.3 Å². The van der Waals surface area contributed by atoms with Gasteiger partial charge >= 0.3 is 12.4 Å². The highest BCUT2D eigenvalue weighted by molar-refractivity contribution is 5.66. The lowest BCUT2D eigenvalue weighted by Crippen LogP contribution is -2.22. The summed E-state index contributed by atoms with van der Waals surface area (Å²) in [6.45, 7) is 0. The molecule has 10 heteroatoms. The zero-order valence-corrected chi connectivity index (χ0v) is 9.12. The number of hydrogen-bond donors (Lipinski definition) is 1. The van der Waals surface area contributed by atoms with E-state index in [1.54, 1.807) is 0 Å². The maximum Gasteiger partial charge on any atom is 0.419 e. The number of nitrogen functional groups attached to an aromatic ring is 1. The summed E-state index contributed by atoms with van der Waals surface area (Å²) in [4.78, 5) is 0. The normalized spacial score (nSPS) is 11.8. The Morgan fingerprint density at radius 2 is 1.20 bits per heavy atom. The van der Waals surface area contributed by atoms with Crippen LogP contribution in [0.3, 0.4) is 0 Å². The topological polar surface area (TPSA) is 73.6 Å². The van der Waals surface area contributed by atoms with Gasteiger partial charge in [-0.1, -0.05) is 0 Å². The van der Waals surface area contributed by atoms with E-state index in [4.69, 9.17) is 16.3 Å². The van der Waals surface area contributed by atoms with E-state index in [0.29, 0.717) is 0 Å². The van der Waals surface area contributed by atoms with Crippen molar-refractivity contribution in [3.05, 3.63) is 28.1 Å². The zero-order chi connectivity index (χ0) is 15.9. The Morgan fingerprint density at radius 1 is 0.800 bits per heavy atom. The maximum absolute atomic E-state index is 13.4. The molecule has 0 spiro atoms. The summed E-state index contributed by atoms with van der Waals surface area (Å²) >= 11 is 0. The van der Waals surface area contributed by atoms with Crippen molar-refractivity contribution >= 4 is 5.69 Å². The number of nitrogens with zero attached hydrogens (tertiary/aromatic N) is 2. The Morgan fingerprint density at radius 3 is 1.50 bits per heavy atom. The molecule has 20 heavy (non-hydrogen) atoms. The third kappa shape index (κ3) is 2.32. The van der Waals surface area contributed by atoms with Gasteiger partial charge in [-0.2, -0.15) is 36.9 Å². The standard InChI is InChI=1S/C10H2F7N3/c11-7-4(2-19)3(1-18)5(9(12,13)14)6(8(7)20)10(15,16)17/h20H2. The largest absolute Gasteiger partial charge is 0.419 e. The van der Waals surface area contributed by atoms with E-state index < -0.39 is 46.1 Å². The van der Waals surface area contributed by atoms with Crippen LogP contribution in [0.15, 0.2) is 0 Å².